The average Bonchev–Trinajstić information content (AvgIpc) is 3.52. The molecule has 2 saturated carbocycles. The fraction of sp³-hybridized carbons (Fsp3) is 0.609. The molecule has 1 atom stereocenters. The topological polar surface area (TPSA) is 81.7 Å². The molecule has 0 saturated heterocycles. The van der Waals surface area contributed by atoms with Crippen molar-refractivity contribution in [1.82, 2.24) is 5.32 Å². The van der Waals surface area contributed by atoms with Crippen LogP contribution in [0, 0.1) is 17.8 Å². The number of alkyl carbamates (subject to hydrolysis) is 1. The van der Waals surface area contributed by atoms with Crippen LogP contribution in [-0.2, 0) is 25.7 Å². The lowest BCUT2D eigenvalue weighted by atomic mass is 9.86. The molecule has 1 N–H and O–H groups in total. The third-order valence-corrected chi connectivity index (χ3v) is 5.29. The molecule has 1 unspecified atom stereocenters. The largest absolute Gasteiger partial charge is 0.460 e. The number of esters is 1. The van der Waals surface area contributed by atoms with Gasteiger partial charge in [-0.05, 0) is 69.8 Å². The maximum absolute atomic E-state index is 13.0. The Morgan fingerprint density at radius 3 is 2.14 bits per heavy atom. The minimum Gasteiger partial charge on any atom is -0.460 e. The van der Waals surface area contributed by atoms with Gasteiger partial charge in [-0.25, -0.2) is 4.79 Å². The molecule has 0 aliphatic heterocycles. The lowest BCUT2D eigenvalue weighted by molar-refractivity contribution is -0.156. The zero-order chi connectivity index (χ0) is 21.0. The van der Waals surface area contributed by atoms with Crippen molar-refractivity contribution in [2.45, 2.75) is 71.1 Å². The van der Waals surface area contributed by atoms with Gasteiger partial charge in [0.1, 0.15) is 18.6 Å². The molecule has 3 rings (SSSR count). The standard InChI is InChI=1S/C23H31NO5/c1-23(2,3)29-19(26)13-18(25)21(20(16-9-10-16)17-11-12-17)24-22(27)28-14-15-7-5-4-6-8-15/h4-8,16-17,20-21H,9-14H2,1-3H3,(H,24,27). The number of carbonyl (C=O) groups excluding carboxylic acids is 3. The summed E-state index contributed by atoms with van der Waals surface area (Å²) in [5.41, 5.74) is 0.224. The van der Waals surface area contributed by atoms with E-state index >= 15 is 0 Å². The Labute approximate surface area is 172 Å². The Hall–Kier alpha value is -2.37. The fourth-order valence-electron chi connectivity index (χ4n) is 3.80. The molecule has 1 aromatic rings. The molecule has 0 aromatic heterocycles. The van der Waals surface area contributed by atoms with Crippen LogP contribution in [0.4, 0.5) is 4.79 Å². The van der Waals surface area contributed by atoms with Crippen molar-refractivity contribution < 1.29 is 23.9 Å². The number of rotatable bonds is 9. The van der Waals surface area contributed by atoms with E-state index in [1.165, 1.54) is 0 Å². The smallest absolute Gasteiger partial charge is 0.408 e. The van der Waals surface area contributed by atoms with Gasteiger partial charge in [-0.3, -0.25) is 9.59 Å². The van der Waals surface area contributed by atoms with E-state index in [1.54, 1.807) is 20.8 Å². The summed E-state index contributed by atoms with van der Waals surface area (Å²) < 4.78 is 10.6. The maximum atomic E-state index is 13.0. The first kappa shape index (κ1) is 21.3. The monoisotopic (exact) mass is 401 g/mol. The number of Topliss-reactive ketones (excluding diaryl/α,β-unsaturated/α-hetero) is 1. The quantitative estimate of drug-likeness (QED) is 0.499. The summed E-state index contributed by atoms with van der Waals surface area (Å²) in [6.45, 7) is 5.44. The maximum Gasteiger partial charge on any atom is 0.408 e. The van der Waals surface area contributed by atoms with Crippen LogP contribution in [0.1, 0.15) is 58.4 Å². The number of ether oxygens (including phenoxy) is 2. The SMILES string of the molecule is CC(C)(C)OC(=O)CC(=O)C(NC(=O)OCc1ccccc1)C(C1CC1)C1CC1. The second-order valence-corrected chi connectivity index (χ2v) is 9.17. The highest BCUT2D eigenvalue weighted by molar-refractivity contribution is 6.00. The molecule has 2 aliphatic rings. The van der Waals surface area contributed by atoms with Crippen LogP contribution in [-0.4, -0.2) is 29.5 Å². The van der Waals surface area contributed by atoms with Gasteiger partial charge in [0, 0.05) is 0 Å². The number of nitrogens with one attached hydrogen (secondary N) is 1. The predicted octanol–water partition coefficient (Wildman–Crippen LogP) is 4.02. The summed E-state index contributed by atoms with van der Waals surface area (Å²) in [5.74, 6) is 0.0974. The molecule has 1 aromatic carbocycles. The fourth-order valence-corrected chi connectivity index (χ4v) is 3.80. The van der Waals surface area contributed by atoms with E-state index < -0.39 is 23.7 Å². The van der Waals surface area contributed by atoms with Crippen LogP contribution in [0.15, 0.2) is 30.3 Å². The van der Waals surface area contributed by atoms with Crippen LogP contribution in [0.5, 0.6) is 0 Å². The van der Waals surface area contributed by atoms with Crippen molar-refractivity contribution in [3.8, 4) is 0 Å². The first-order valence-electron chi connectivity index (χ1n) is 10.4. The summed E-state index contributed by atoms with van der Waals surface area (Å²) >= 11 is 0. The van der Waals surface area contributed by atoms with Crippen molar-refractivity contribution in [2.24, 2.45) is 17.8 Å². The number of benzene rings is 1. The predicted molar refractivity (Wildman–Crippen MR) is 108 cm³/mol. The molecule has 0 bridgehead atoms. The highest BCUT2D eigenvalue weighted by Crippen LogP contribution is 2.51. The molecule has 29 heavy (non-hydrogen) atoms. The van der Waals surface area contributed by atoms with Gasteiger partial charge in [0.15, 0.2) is 5.78 Å². The van der Waals surface area contributed by atoms with Gasteiger partial charge in [0.2, 0.25) is 0 Å². The van der Waals surface area contributed by atoms with Crippen molar-refractivity contribution in [1.29, 1.82) is 0 Å². The minimum absolute atomic E-state index is 0.0780. The summed E-state index contributed by atoms with van der Waals surface area (Å²) in [4.78, 5) is 37.6. The average molecular weight is 402 g/mol. The van der Waals surface area contributed by atoms with E-state index in [9.17, 15) is 14.4 Å². The van der Waals surface area contributed by atoms with Gasteiger partial charge in [0.25, 0.3) is 0 Å². The third-order valence-electron chi connectivity index (χ3n) is 5.29. The van der Waals surface area contributed by atoms with Gasteiger partial charge in [-0.1, -0.05) is 30.3 Å². The number of carbonyl (C=O) groups is 3. The molecule has 6 heteroatoms. The highest BCUT2D eigenvalue weighted by Gasteiger charge is 2.48. The van der Waals surface area contributed by atoms with E-state index in [2.05, 4.69) is 5.32 Å². The molecular formula is C23H31NO5. The molecular weight excluding hydrogens is 370 g/mol. The van der Waals surface area contributed by atoms with E-state index in [1.807, 2.05) is 30.3 Å². The van der Waals surface area contributed by atoms with Crippen molar-refractivity contribution in [3.63, 3.8) is 0 Å². The zero-order valence-electron chi connectivity index (χ0n) is 17.5. The van der Waals surface area contributed by atoms with Crippen LogP contribution in [0.25, 0.3) is 0 Å². The van der Waals surface area contributed by atoms with Gasteiger partial charge < -0.3 is 14.8 Å². The van der Waals surface area contributed by atoms with Gasteiger partial charge >= 0.3 is 12.1 Å². The summed E-state index contributed by atoms with van der Waals surface area (Å²) in [5, 5.41) is 2.78. The Morgan fingerprint density at radius 2 is 1.62 bits per heavy atom. The number of ketones is 1. The molecule has 1 amide bonds. The van der Waals surface area contributed by atoms with E-state index in [4.69, 9.17) is 9.47 Å². The lowest BCUT2D eigenvalue weighted by Gasteiger charge is -2.27. The van der Waals surface area contributed by atoms with Crippen LogP contribution in [0.3, 0.4) is 0 Å². The van der Waals surface area contributed by atoms with Crippen LogP contribution < -0.4 is 5.32 Å². The Kier molecular flexibility index (Phi) is 6.60. The van der Waals surface area contributed by atoms with E-state index in [0.29, 0.717) is 11.8 Å². The molecule has 0 heterocycles. The Balaban J connectivity index is 1.63. The molecule has 2 aliphatic carbocycles. The Bertz CT molecular complexity index is 719. The van der Waals surface area contributed by atoms with E-state index in [0.717, 1.165) is 31.2 Å². The van der Waals surface area contributed by atoms with Gasteiger partial charge in [-0.15, -0.1) is 0 Å². The molecule has 0 radical (unpaired) electrons. The second kappa shape index (κ2) is 8.97. The lowest BCUT2D eigenvalue weighted by Crippen LogP contribution is -2.48. The van der Waals surface area contributed by atoms with Gasteiger partial charge in [0.05, 0.1) is 6.04 Å². The second-order valence-electron chi connectivity index (χ2n) is 9.17. The first-order chi connectivity index (χ1) is 13.7. The summed E-state index contributed by atoms with van der Waals surface area (Å²) in [6, 6.07) is 8.68. The van der Waals surface area contributed by atoms with Crippen LogP contribution in [0.2, 0.25) is 0 Å². The molecule has 6 nitrogen and oxygen atoms in total. The number of amides is 1. The zero-order valence-corrected chi connectivity index (χ0v) is 17.5. The van der Waals surface area contributed by atoms with E-state index in [-0.39, 0.29) is 24.7 Å². The summed E-state index contributed by atoms with van der Waals surface area (Å²) in [6.07, 6.45) is 3.31. The van der Waals surface area contributed by atoms with Crippen molar-refractivity contribution in [3.05, 3.63) is 35.9 Å². The number of hydrogen-bond acceptors (Lipinski definition) is 5. The molecule has 0 spiro atoms. The normalized spacial score (nSPS) is 17.5. The number of hydrogen-bond donors (Lipinski definition) is 1. The van der Waals surface area contributed by atoms with Crippen LogP contribution >= 0.6 is 0 Å². The molecule has 158 valence electrons. The third kappa shape index (κ3) is 6.87. The van der Waals surface area contributed by atoms with Crippen molar-refractivity contribution >= 4 is 17.8 Å². The van der Waals surface area contributed by atoms with Crippen molar-refractivity contribution in [2.75, 3.05) is 0 Å². The Morgan fingerprint density at radius 1 is 1.03 bits per heavy atom. The van der Waals surface area contributed by atoms with Gasteiger partial charge in [-0.2, -0.15) is 0 Å². The minimum atomic E-state index is -0.703. The first-order valence-corrected chi connectivity index (χ1v) is 10.4. The summed E-state index contributed by atoms with van der Waals surface area (Å²) in [7, 11) is 0. The highest BCUT2D eigenvalue weighted by atomic mass is 16.6. The molecule has 2 fully saturated rings.